The molecule has 0 saturated carbocycles. The van der Waals surface area contributed by atoms with Crippen molar-refractivity contribution in [2.24, 2.45) is 4.99 Å². The molecule has 1 amide bonds. The molecule has 1 N–H and O–H groups in total. The third-order valence-electron chi connectivity index (χ3n) is 2.00. The summed E-state index contributed by atoms with van der Waals surface area (Å²) >= 11 is 0.118. The van der Waals surface area contributed by atoms with Crippen LogP contribution in [0.25, 0.3) is 0 Å². The van der Waals surface area contributed by atoms with Gasteiger partial charge in [0.15, 0.2) is 0 Å². The van der Waals surface area contributed by atoms with Crippen molar-refractivity contribution in [3.8, 4) is 0 Å². The van der Waals surface area contributed by atoms with Gasteiger partial charge in [-0.3, -0.25) is 0 Å². The van der Waals surface area contributed by atoms with Gasteiger partial charge in [0, 0.05) is 0 Å². The average molecular weight is 253 g/mol. The van der Waals surface area contributed by atoms with Gasteiger partial charge in [-0.25, -0.2) is 0 Å². The first-order chi connectivity index (χ1) is 6.81. The van der Waals surface area contributed by atoms with Gasteiger partial charge in [-0.05, 0) is 0 Å². The Bertz CT molecular complexity index is 375. The van der Waals surface area contributed by atoms with E-state index in [1.54, 1.807) is 7.05 Å². The van der Waals surface area contributed by atoms with Crippen LogP contribution in [0.4, 0.5) is 0 Å². The van der Waals surface area contributed by atoms with Crippen molar-refractivity contribution in [3.05, 3.63) is 35.9 Å². The Labute approximate surface area is 88.8 Å². The van der Waals surface area contributed by atoms with Gasteiger partial charge in [-0.1, -0.05) is 0 Å². The molecular weight excluding hydrogens is 243 g/mol. The number of carbonyl (C=O) groups excluding carboxylic acids is 1. The number of benzene rings is 1. The second kappa shape index (κ2) is 3.94. The van der Waals surface area contributed by atoms with Crippen molar-refractivity contribution in [1.82, 2.24) is 5.32 Å². The third-order valence-corrected chi connectivity index (χ3v) is 4.58. The molecule has 4 heteroatoms. The maximum atomic E-state index is 11.6. The summed E-state index contributed by atoms with van der Waals surface area (Å²) in [6, 6.07) is 9.85. The number of carbonyl (C=O) groups is 1. The molecule has 0 aliphatic carbocycles. The van der Waals surface area contributed by atoms with Gasteiger partial charge < -0.3 is 0 Å². The molecule has 2 rings (SSSR count). The summed E-state index contributed by atoms with van der Waals surface area (Å²) in [6.45, 7) is 0. The van der Waals surface area contributed by atoms with E-state index in [0.29, 0.717) is 0 Å². The number of amidine groups is 1. The van der Waals surface area contributed by atoms with Crippen molar-refractivity contribution in [2.45, 2.75) is 4.82 Å². The van der Waals surface area contributed by atoms with Crippen LogP contribution < -0.4 is 5.32 Å². The normalized spacial score (nSPS) is 23.9. The minimum atomic E-state index is 0.00222. The van der Waals surface area contributed by atoms with Crippen LogP contribution in [0.1, 0.15) is 10.4 Å². The topological polar surface area (TPSA) is 41.5 Å². The molecule has 1 aromatic rings. The van der Waals surface area contributed by atoms with E-state index in [1.807, 2.05) is 30.3 Å². The molecule has 1 heterocycles. The van der Waals surface area contributed by atoms with E-state index in [1.165, 1.54) is 0 Å². The van der Waals surface area contributed by atoms with Gasteiger partial charge in [-0.2, -0.15) is 0 Å². The molecule has 3 nitrogen and oxygen atoms in total. The summed E-state index contributed by atoms with van der Waals surface area (Å²) in [5, 5.41) is 2.79. The van der Waals surface area contributed by atoms with E-state index < -0.39 is 0 Å². The number of nitrogens with zero attached hydrogens (tertiary/aromatic N) is 1. The van der Waals surface area contributed by atoms with E-state index in [4.69, 9.17) is 0 Å². The molecule has 1 aliphatic heterocycles. The predicted molar refractivity (Wildman–Crippen MR) is 56.4 cm³/mol. The fourth-order valence-corrected chi connectivity index (χ4v) is 3.31. The van der Waals surface area contributed by atoms with E-state index in [2.05, 4.69) is 10.3 Å². The van der Waals surface area contributed by atoms with Crippen molar-refractivity contribution in [2.75, 3.05) is 7.05 Å². The molecule has 1 aromatic carbocycles. The Hall–Kier alpha value is -1.12. The molecule has 1 unspecified atom stereocenters. The predicted octanol–water partition coefficient (Wildman–Crippen LogP) is 0.547. The molecule has 0 radical (unpaired) electrons. The van der Waals surface area contributed by atoms with Crippen LogP contribution in [0.15, 0.2) is 35.3 Å². The number of aliphatic imine (C=N–C) groups is 1. The average Bonchev–Trinajstić information content (AvgIpc) is 2.61. The summed E-state index contributed by atoms with van der Waals surface area (Å²) in [4.78, 5) is 15.6. The van der Waals surface area contributed by atoms with Crippen LogP contribution in [-0.2, 0) is 4.79 Å². The van der Waals surface area contributed by atoms with Crippen LogP contribution in [0.5, 0.6) is 0 Å². The first kappa shape index (κ1) is 9.44. The van der Waals surface area contributed by atoms with Crippen LogP contribution in [0.3, 0.4) is 0 Å². The summed E-state index contributed by atoms with van der Waals surface area (Å²) in [5.41, 5.74) is 1.09. The standard InChI is InChI=1S/C10H10N2OSe/c1-11-10-12-9(13)8(14-10)7-5-3-2-4-6-7/h2-6,8H,1H3,(H,11,12,13). The fraction of sp³-hybridized carbons (Fsp3) is 0.200. The van der Waals surface area contributed by atoms with Crippen molar-refractivity contribution in [3.63, 3.8) is 0 Å². The molecule has 0 bridgehead atoms. The molecular formula is C10H10N2OSe. The van der Waals surface area contributed by atoms with E-state index in [0.717, 1.165) is 10.3 Å². The third kappa shape index (κ3) is 1.72. The second-order valence-corrected chi connectivity index (χ2v) is 5.22. The van der Waals surface area contributed by atoms with Gasteiger partial charge in [0.25, 0.3) is 0 Å². The Morgan fingerprint density at radius 1 is 1.36 bits per heavy atom. The second-order valence-electron chi connectivity index (χ2n) is 2.93. The fourth-order valence-electron chi connectivity index (χ4n) is 1.32. The van der Waals surface area contributed by atoms with Crippen molar-refractivity contribution < 1.29 is 4.79 Å². The van der Waals surface area contributed by atoms with Crippen LogP contribution >= 0.6 is 0 Å². The first-order valence-corrected chi connectivity index (χ1v) is 6.15. The van der Waals surface area contributed by atoms with Gasteiger partial charge in [0.05, 0.1) is 0 Å². The van der Waals surface area contributed by atoms with Crippen molar-refractivity contribution in [1.29, 1.82) is 0 Å². The minimum absolute atomic E-state index is 0.00222. The van der Waals surface area contributed by atoms with E-state index in [9.17, 15) is 4.79 Å². The number of amides is 1. The molecule has 72 valence electrons. The van der Waals surface area contributed by atoms with Gasteiger partial charge in [-0.15, -0.1) is 0 Å². The van der Waals surface area contributed by atoms with Crippen molar-refractivity contribution >= 4 is 25.6 Å². The van der Waals surface area contributed by atoms with Crippen LogP contribution in [-0.4, -0.2) is 32.6 Å². The van der Waals surface area contributed by atoms with Gasteiger partial charge in [0.2, 0.25) is 0 Å². The Morgan fingerprint density at radius 2 is 2.07 bits per heavy atom. The molecule has 1 fully saturated rings. The number of nitrogens with one attached hydrogen (secondary N) is 1. The zero-order valence-electron chi connectivity index (χ0n) is 7.73. The maximum absolute atomic E-state index is 11.6. The van der Waals surface area contributed by atoms with Crippen LogP contribution in [0, 0.1) is 0 Å². The summed E-state index contributed by atoms with van der Waals surface area (Å²) in [6.07, 6.45) is 0. The molecule has 1 saturated heterocycles. The Morgan fingerprint density at radius 3 is 2.64 bits per heavy atom. The Kier molecular flexibility index (Phi) is 2.66. The zero-order valence-corrected chi connectivity index (χ0v) is 9.44. The summed E-state index contributed by atoms with van der Waals surface area (Å²) in [5.74, 6) is 0.0804. The van der Waals surface area contributed by atoms with Crippen LogP contribution in [0.2, 0.25) is 0 Å². The Balaban J connectivity index is 2.25. The molecule has 14 heavy (non-hydrogen) atoms. The van der Waals surface area contributed by atoms with E-state index in [-0.39, 0.29) is 25.7 Å². The SMILES string of the molecule is CN=C1NC(=O)C(c2ccccc2)[Se]1. The van der Waals surface area contributed by atoms with E-state index >= 15 is 0 Å². The van der Waals surface area contributed by atoms with Gasteiger partial charge >= 0.3 is 88.5 Å². The summed E-state index contributed by atoms with van der Waals surface area (Å²) in [7, 11) is 1.71. The molecule has 1 aliphatic rings. The molecule has 0 spiro atoms. The molecule has 1 atom stereocenters. The number of rotatable bonds is 1. The zero-order chi connectivity index (χ0) is 9.97. The van der Waals surface area contributed by atoms with Gasteiger partial charge in [0.1, 0.15) is 0 Å². The quantitative estimate of drug-likeness (QED) is 0.729. The summed E-state index contributed by atoms with van der Waals surface area (Å²) < 4.78 is 0.844. The number of hydrogen-bond acceptors (Lipinski definition) is 2. The first-order valence-electron chi connectivity index (χ1n) is 4.30. The molecule has 0 aromatic heterocycles. The number of hydrogen-bond donors (Lipinski definition) is 1. The monoisotopic (exact) mass is 254 g/mol.